The van der Waals surface area contributed by atoms with Gasteiger partial charge in [-0.3, -0.25) is 4.79 Å². The highest BCUT2D eigenvalue weighted by atomic mass is 79.9. The zero-order valence-electron chi connectivity index (χ0n) is 10.8. The molecule has 1 fully saturated rings. The van der Waals surface area contributed by atoms with Crippen LogP contribution in [0, 0.1) is 0 Å². The van der Waals surface area contributed by atoms with Crippen LogP contribution in [0.3, 0.4) is 0 Å². The van der Waals surface area contributed by atoms with Crippen molar-refractivity contribution in [3.05, 3.63) is 34.3 Å². The van der Waals surface area contributed by atoms with Crippen LogP contribution in [0.4, 0.5) is 0 Å². The highest BCUT2D eigenvalue weighted by molar-refractivity contribution is 9.10. The van der Waals surface area contributed by atoms with Crippen molar-refractivity contribution >= 4 is 21.8 Å². The number of nitrogens with one attached hydrogen (secondary N) is 2. The predicted octanol–water partition coefficient (Wildman–Crippen LogP) is 1.83. The number of rotatable bonds is 5. The molecule has 1 aliphatic rings. The van der Waals surface area contributed by atoms with Gasteiger partial charge in [-0.25, -0.2) is 0 Å². The van der Waals surface area contributed by atoms with Gasteiger partial charge in [0.25, 0.3) is 0 Å². The zero-order valence-corrected chi connectivity index (χ0v) is 12.4. The lowest BCUT2D eigenvalue weighted by atomic mass is 10.1. The fourth-order valence-electron chi connectivity index (χ4n) is 2.04. The molecule has 1 saturated heterocycles. The van der Waals surface area contributed by atoms with Crippen LogP contribution >= 0.6 is 15.9 Å². The average molecular weight is 327 g/mol. The molecule has 4 nitrogen and oxygen atoms in total. The highest BCUT2D eigenvalue weighted by Gasteiger charge is 2.15. The van der Waals surface area contributed by atoms with Gasteiger partial charge in [0.1, 0.15) is 0 Å². The second-order valence-corrected chi connectivity index (χ2v) is 5.60. The van der Waals surface area contributed by atoms with E-state index in [9.17, 15) is 4.79 Å². The second-order valence-electron chi connectivity index (χ2n) is 4.68. The third-order valence-corrected chi connectivity index (χ3v) is 3.64. The van der Waals surface area contributed by atoms with E-state index in [1.54, 1.807) is 0 Å². The Kier molecular flexibility index (Phi) is 5.82. The van der Waals surface area contributed by atoms with Crippen LogP contribution in [0.5, 0.6) is 0 Å². The summed E-state index contributed by atoms with van der Waals surface area (Å²) >= 11 is 3.40. The Morgan fingerprint density at radius 3 is 2.63 bits per heavy atom. The first-order chi connectivity index (χ1) is 9.24. The first-order valence-corrected chi connectivity index (χ1v) is 7.35. The Labute approximate surface area is 122 Å². The SMILES string of the molecule is O=C(CNCc1ccc(Br)cc1)NC1CCOCC1. The molecule has 0 aliphatic carbocycles. The molecule has 5 heteroatoms. The Morgan fingerprint density at radius 2 is 1.95 bits per heavy atom. The lowest BCUT2D eigenvalue weighted by Gasteiger charge is -2.23. The van der Waals surface area contributed by atoms with E-state index in [1.165, 1.54) is 5.56 Å². The number of benzene rings is 1. The lowest BCUT2D eigenvalue weighted by Crippen LogP contribution is -2.42. The summed E-state index contributed by atoms with van der Waals surface area (Å²) in [5.74, 6) is 0.0593. The molecule has 2 N–H and O–H groups in total. The third-order valence-electron chi connectivity index (χ3n) is 3.11. The lowest BCUT2D eigenvalue weighted by molar-refractivity contribution is -0.121. The molecule has 0 radical (unpaired) electrons. The van der Waals surface area contributed by atoms with Crippen molar-refractivity contribution in [1.29, 1.82) is 0 Å². The molecule has 1 aromatic carbocycles. The summed E-state index contributed by atoms with van der Waals surface area (Å²) in [5, 5.41) is 6.18. The summed E-state index contributed by atoms with van der Waals surface area (Å²) in [7, 11) is 0. The van der Waals surface area contributed by atoms with E-state index in [2.05, 4.69) is 26.6 Å². The van der Waals surface area contributed by atoms with Crippen LogP contribution in [0.2, 0.25) is 0 Å². The normalized spacial score (nSPS) is 16.3. The summed E-state index contributed by atoms with van der Waals surface area (Å²) in [6.45, 7) is 2.55. The smallest absolute Gasteiger partial charge is 0.234 e. The first-order valence-electron chi connectivity index (χ1n) is 6.56. The molecule has 0 atom stereocenters. The van der Waals surface area contributed by atoms with Gasteiger partial charge in [-0.15, -0.1) is 0 Å². The van der Waals surface area contributed by atoms with E-state index in [0.29, 0.717) is 13.1 Å². The van der Waals surface area contributed by atoms with E-state index < -0.39 is 0 Å². The summed E-state index contributed by atoms with van der Waals surface area (Å²) in [6, 6.07) is 8.34. The maximum atomic E-state index is 11.7. The van der Waals surface area contributed by atoms with Crippen molar-refractivity contribution in [2.75, 3.05) is 19.8 Å². The number of ether oxygens (including phenoxy) is 1. The van der Waals surface area contributed by atoms with Crippen molar-refractivity contribution < 1.29 is 9.53 Å². The molecular formula is C14H19BrN2O2. The number of carbonyl (C=O) groups excluding carboxylic acids is 1. The number of carbonyl (C=O) groups is 1. The maximum absolute atomic E-state index is 11.7. The molecule has 0 bridgehead atoms. The van der Waals surface area contributed by atoms with E-state index in [0.717, 1.165) is 30.5 Å². The van der Waals surface area contributed by atoms with Gasteiger partial charge in [-0.1, -0.05) is 28.1 Å². The minimum atomic E-state index is 0.0593. The minimum Gasteiger partial charge on any atom is -0.381 e. The summed E-state index contributed by atoms with van der Waals surface area (Å²) in [5.41, 5.74) is 1.17. The van der Waals surface area contributed by atoms with E-state index >= 15 is 0 Å². The Balaban J connectivity index is 1.64. The van der Waals surface area contributed by atoms with Gasteiger partial charge < -0.3 is 15.4 Å². The van der Waals surface area contributed by atoms with E-state index in [1.807, 2.05) is 24.3 Å². The molecule has 1 aliphatic heterocycles. The molecule has 0 spiro atoms. The van der Waals surface area contributed by atoms with Crippen LogP contribution in [0.15, 0.2) is 28.7 Å². The van der Waals surface area contributed by atoms with Crippen LogP contribution < -0.4 is 10.6 Å². The van der Waals surface area contributed by atoms with Crippen LogP contribution in [-0.2, 0) is 16.1 Å². The molecule has 0 aromatic heterocycles. The van der Waals surface area contributed by atoms with Gasteiger partial charge in [0.15, 0.2) is 0 Å². The Hall–Kier alpha value is -0.910. The van der Waals surface area contributed by atoms with Crippen LogP contribution in [0.1, 0.15) is 18.4 Å². The van der Waals surface area contributed by atoms with Crippen LogP contribution in [0.25, 0.3) is 0 Å². The number of hydrogen-bond acceptors (Lipinski definition) is 3. The van der Waals surface area contributed by atoms with Gasteiger partial charge in [-0.05, 0) is 30.5 Å². The van der Waals surface area contributed by atoms with Crippen molar-refractivity contribution in [1.82, 2.24) is 10.6 Å². The fourth-order valence-corrected chi connectivity index (χ4v) is 2.31. The summed E-state index contributed by atoms with van der Waals surface area (Å²) < 4.78 is 6.32. The molecule has 0 unspecified atom stereocenters. The zero-order chi connectivity index (χ0) is 13.5. The summed E-state index contributed by atoms with van der Waals surface area (Å²) in [4.78, 5) is 11.7. The number of hydrogen-bond donors (Lipinski definition) is 2. The standard InChI is InChI=1S/C14H19BrN2O2/c15-12-3-1-11(2-4-12)9-16-10-14(18)17-13-5-7-19-8-6-13/h1-4,13,16H,5-10H2,(H,17,18). The van der Waals surface area contributed by atoms with Gasteiger partial charge in [0.2, 0.25) is 5.91 Å². The Morgan fingerprint density at radius 1 is 1.26 bits per heavy atom. The number of halogens is 1. The minimum absolute atomic E-state index is 0.0593. The Bertz CT molecular complexity index is 402. The third kappa shape index (κ3) is 5.30. The second kappa shape index (κ2) is 7.62. The molecule has 1 aromatic rings. The molecular weight excluding hydrogens is 308 g/mol. The molecule has 1 amide bonds. The quantitative estimate of drug-likeness (QED) is 0.868. The molecule has 2 rings (SSSR count). The van der Waals surface area contributed by atoms with E-state index in [4.69, 9.17) is 4.74 Å². The molecule has 104 valence electrons. The van der Waals surface area contributed by atoms with Gasteiger partial charge in [-0.2, -0.15) is 0 Å². The molecule has 19 heavy (non-hydrogen) atoms. The van der Waals surface area contributed by atoms with Gasteiger partial charge in [0, 0.05) is 30.3 Å². The van der Waals surface area contributed by atoms with Crippen molar-refractivity contribution in [2.24, 2.45) is 0 Å². The molecule has 0 saturated carbocycles. The predicted molar refractivity (Wildman–Crippen MR) is 77.8 cm³/mol. The monoisotopic (exact) mass is 326 g/mol. The van der Waals surface area contributed by atoms with E-state index in [-0.39, 0.29) is 11.9 Å². The fraction of sp³-hybridized carbons (Fsp3) is 0.500. The average Bonchev–Trinajstić information content (AvgIpc) is 2.42. The van der Waals surface area contributed by atoms with Gasteiger partial charge in [0.05, 0.1) is 6.54 Å². The maximum Gasteiger partial charge on any atom is 0.234 e. The van der Waals surface area contributed by atoms with Crippen molar-refractivity contribution in [3.63, 3.8) is 0 Å². The first kappa shape index (κ1) is 14.5. The highest BCUT2D eigenvalue weighted by Crippen LogP contribution is 2.10. The summed E-state index contributed by atoms with van der Waals surface area (Å²) in [6.07, 6.45) is 1.83. The van der Waals surface area contributed by atoms with Crippen molar-refractivity contribution in [3.8, 4) is 0 Å². The van der Waals surface area contributed by atoms with Crippen molar-refractivity contribution in [2.45, 2.75) is 25.4 Å². The number of amides is 1. The van der Waals surface area contributed by atoms with Crippen LogP contribution in [-0.4, -0.2) is 31.7 Å². The topological polar surface area (TPSA) is 50.4 Å². The molecule has 1 heterocycles. The largest absolute Gasteiger partial charge is 0.381 e. The van der Waals surface area contributed by atoms with Gasteiger partial charge >= 0.3 is 0 Å².